The van der Waals surface area contributed by atoms with Gasteiger partial charge in [-0.25, -0.2) is 0 Å². The molecule has 0 spiro atoms. The molecule has 0 atom stereocenters. The van der Waals surface area contributed by atoms with Crippen molar-refractivity contribution < 1.29 is 0 Å². The van der Waals surface area contributed by atoms with Crippen molar-refractivity contribution >= 4 is 18.2 Å². The third kappa shape index (κ3) is 0.988. The zero-order chi connectivity index (χ0) is 8.67. The molecule has 0 saturated heterocycles. The molecule has 13 heavy (non-hydrogen) atoms. The lowest BCUT2D eigenvalue weighted by Crippen LogP contribution is -2.17. The summed E-state index contributed by atoms with van der Waals surface area (Å²) in [5.41, 5.74) is 2.71. The molecule has 0 nitrogen and oxygen atoms in total. The third-order valence-electron chi connectivity index (χ3n) is 2.56. The van der Waals surface area contributed by atoms with Crippen LogP contribution in [0.5, 0.6) is 0 Å². The highest BCUT2D eigenvalue weighted by Crippen LogP contribution is 2.04. The SMILES string of the molecule is [C]1=c2cc3c(cc2C=C1)=CC=CC3. The topological polar surface area (TPSA) is 0 Å². The van der Waals surface area contributed by atoms with E-state index < -0.39 is 0 Å². The minimum absolute atomic E-state index is 1.06. The van der Waals surface area contributed by atoms with Crippen LogP contribution in [0.3, 0.4) is 0 Å². The smallest absolute Gasteiger partial charge is 0.00882 e. The van der Waals surface area contributed by atoms with Crippen molar-refractivity contribution in [3.05, 3.63) is 51.9 Å². The van der Waals surface area contributed by atoms with E-state index in [0.29, 0.717) is 0 Å². The van der Waals surface area contributed by atoms with Gasteiger partial charge in [0, 0.05) is 0 Å². The van der Waals surface area contributed by atoms with Crippen LogP contribution >= 0.6 is 0 Å². The molecule has 3 rings (SSSR count). The van der Waals surface area contributed by atoms with Gasteiger partial charge in [0.1, 0.15) is 0 Å². The van der Waals surface area contributed by atoms with Crippen molar-refractivity contribution in [3.8, 4) is 0 Å². The average Bonchev–Trinajstić information content (AvgIpc) is 2.61. The van der Waals surface area contributed by atoms with Crippen LogP contribution in [0.15, 0.2) is 30.4 Å². The molecule has 0 saturated carbocycles. The molecule has 0 heterocycles. The Hall–Kier alpha value is -1.56. The first-order valence-corrected chi connectivity index (χ1v) is 4.53. The highest BCUT2D eigenvalue weighted by Gasteiger charge is 2.02. The molecule has 0 fully saturated rings. The van der Waals surface area contributed by atoms with Gasteiger partial charge in [0.2, 0.25) is 0 Å². The summed E-state index contributed by atoms with van der Waals surface area (Å²) in [4.78, 5) is 0. The largest absolute Gasteiger partial charge is 0.0801 e. The van der Waals surface area contributed by atoms with Gasteiger partial charge >= 0.3 is 0 Å². The maximum atomic E-state index is 3.23. The molecule has 61 valence electrons. The van der Waals surface area contributed by atoms with Gasteiger partial charge < -0.3 is 0 Å². The van der Waals surface area contributed by atoms with Crippen molar-refractivity contribution in [1.29, 1.82) is 0 Å². The minimum atomic E-state index is 1.06. The quantitative estimate of drug-likeness (QED) is 0.543. The highest BCUT2D eigenvalue weighted by molar-refractivity contribution is 5.67. The molecule has 0 heteroatoms. The maximum absolute atomic E-state index is 3.23. The van der Waals surface area contributed by atoms with Gasteiger partial charge in [0.25, 0.3) is 0 Å². The van der Waals surface area contributed by atoms with E-state index >= 15 is 0 Å². The molecule has 2 aliphatic carbocycles. The molecule has 0 amide bonds. The van der Waals surface area contributed by atoms with E-state index in [1.54, 1.807) is 0 Å². The van der Waals surface area contributed by atoms with Crippen LogP contribution in [0.4, 0.5) is 0 Å². The van der Waals surface area contributed by atoms with Gasteiger partial charge in [-0.2, -0.15) is 0 Å². The van der Waals surface area contributed by atoms with E-state index in [0.717, 1.165) is 6.42 Å². The monoisotopic (exact) mass is 165 g/mol. The third-order valence-corrected chi connectivity index (χ3v) is 2.56. The standard InChI is InChI=1S/C13H9/c1-2-5-11-9-13-7-3-6-12(13)8-10(11)4-1/h1-4,6,8-9H,5H2. The summed E-state index contributed by atoms with van der Waals surface area (Å²) >= 11 is 0. The number of hydrogen-bond acceptors (Lipinski definition) is 0. The summed E-state index contributed by atoms with van der Waals surface area (Å²) in [5.74, 6) is 0. The Bertz CT molecular complexity index is 528. The van der Waals surface area contributed by atoms with Crippen molar-refractivity contribution in [2.45, 2.75) is 6.42 Å². The summed E-state index contributed by atoms with van der Waals surface area (Å²) in [6, 6.07) is 4.48. The lowest BCUT2D eigenvalue weighted by molar-refractivity contribution is 1.21. The number of rotatable bonds is 0. The van der Waals surface area contributed by atoms with E-state index in [1.807, 2.05) is 6.08 Å². The molecule has 1 aromatic carbocycles. The molecule has 0 aromatic heterocycles. The maximum Gasteiger partial charge on any atom is -0.00882 e. The Morgan fingerprint density at radius 3 is 3.23 bits per heavy atom. The lowest BCUT2D eigenvalue weighted by Gasteiger charge is -2.04. The number of hydrogen-bond donors (Lipinski definition) is 0. The van der Waals surface area contributed by atoms with Crippen LogP contribution in [0, 0.1) is 0 Å². The van der Waals surface area contributed by atoms with E-state index in [4.69, 9.17) is 0 Å². The average molecular weight is 165 g/mol. The van der Waals surface area contributed by atoms with Gasteiger partial charge in [-0.15, -0.1) is 0 Å². The minimum Gasteiger partial charge on any atom is -0.0801 e. The first-order valence-electron chi connectivity index (χ1n) is 4.53. The van der Waals surface area contributed by atoms with Gasteiger partial charge in [0.05, 0.1) is 0 Å². The molecular formula is C13H9. The Balaban J connectivity index is 2.41. The fourth-order valence-electron chi connectivity index (χ4n) is 1.86. The molecule has 0 N–H and O–H groups in total. The van der Waals surface area contributed by atoms with Crippen molar-refractivity contribution in [3.63, 3.8) is 0 Å². The van der Waals surface area contributed by atoms with E-state index in [-0.39, 0.29) is 0 Å². The van der Waals surface area contributed by atoms with Crippen LogP contribution in [-0.2, 0) is 6.42 Å². The van der Waals surface area contributed by atoms with Gasteiger partial charge in [-0.05, 0) is 46.2 Å². The molecule has 1 radical (unpaired) electrons. The van der Waals surface area contributed by atoms with Crippen LogP contribution in [0.2, 0.25) is 0 Å². The molecule has 0 unspecified atom stereocenters. The molecule has 2 aliphatic rings. The van der Waals surface area contributed by atoms with E-state index in [2.05, 4.69) is 42.5 Å². The van der Waals surface area contributed by atoms with E-state index in [9.17, 15) is 0 Å². The lowest BCUT2D eigenvalue weighted by atomic mass is 10.0. The molecule has 0 bridgehead atoms. The summed E-state index contributed by atoms with van der Waals surface area (Å²) in [6.45, 7) is 0. The summed E-state index contributed by atoms with van der Waals surface area (Å²) < 4.78 is 0. The van der Waals surface area contributed by atoms with Gasteiger partial charge in [0.15, 0.2) is 0 Å². The number of fused-ring (bicyclic) bond motifs is 2. The zero-order valence-electron chi connectivity index (χ0n) is 7.25. The second-order valence-electron chi connectivity index (χ2n) is 3.41. The second kappa shape index (κ2) is 2.46. The van der Waals surface area contributed by atoms with Gasteiger partial charge in [-0.1, -0.05) is 30.4 Å². The normalized spacial score (nSPS) is 16.0. The van der Waals surface area contributed by atoms with Crippen molar-refractivity contribution in [2.75, 3.05) is 0 Å². The summed E-state index contributed by atoms with van der Waals surface area (Å²) in [7, 11) is 0. The summed E-state index contributed by atoms with van der Waals surface area (Å²) in [6.07, 6.45) is 14.9. The predicted molar refractivity (Wildman–Crippen MR) is 55.4 cm³/mol. The van der Waals surface area contributed by atoms with E-state index in [1.165, 1.54) is 21.6 Å². The van der Waals surface area contributed by atoms with Crippen LogP contribution in [0.25, 0.3) is 18.2 Å². The predicted octanol–water partition coefficient (Wildman–Crippen LogP) is 1.26. The highest BCUT2D eigenvalue weighted by atomic mass is 14.1. The first kappa shape index (κ1) is 6.90. The Morgan fingerprint density at radius 2 is 2.23 bits per heavy atom. The van der Waals surface area contributed by atoms with Crippen LogP contribution in [-0.4, -0.2) is 0 Å². The Labute approximate surface area is 77.2 Å². The Kier molecular flexibility index (Phi) is 1.31. The summed E-state index contributed by atoms with van der Waals surface area (Å²) in [5, 5.41) is 2.59. The van der Waals surface area contributed by atoms with Crippen molar-refractivity contribution in [2.24, 2.45) is 0 Å². The van der Waals surface area contributed by atoms with Crippen LogP contribution < -0.4 is 10.4 Å². The second-order valence-corrected chi connectivity index (χ2v) is 3.41. The molecular weight excluding hydrogens is 156 g/mol. The number of allylic oxidation sites excluding steroid dienone is 3. The zero-order valence-corrected chi connectivity index (χ0v) is 7.25. The molecule has 0 aliphatic heterocycles. The van der Waals surface area contributed by atoms with Crippen molar-refractivity contribution in [1.82, 2.24) is 0 Å². The molecule has 1 aromatic rings. The van der Waals surface area contributed by atoms with Crippen LogP contribution in [0.1, 0.15) is 11.1 Å². The Morgan fingerprint density at radius 1 is 1.23 bits per heavy atom. The fourth-order valence-corrected chi connectivity index (χ4v) is 1.86. The number of benzene rings is 1. The first-order chi connectivity index (χ1) is 6.43. The van der Waals surface area contributed by atoms with Gasteiger partial charge in [-0.3, -0.25) is 0 Å². The fraction of sp³-hybridized carbons (Fsp3) is 0.0769.